The minimum Gasteiger partial charge on any atom is -0.429 e. The van der Waals surface area contributed by atoms with Crippen molar-refractivity contribution in [3.8, 4) is 18.1 Å². The Morgan fingerprint density at radius 3 is 2.53 bits per heavy atom. The molecule has 2 N–H and O–H groups in total. The van der Waals surface area contributed by atoms with E-state index in [0.29, 0.717) is 11.3 Å². The first-order valence-electron chi connectivity index (χ1n) is 4.74. The molecule has 1 rings (SSSR count). The predicted molar refractivity (Wildman–Crippen MR) is 61.2 cm³/mol. The average molecular weight is 235 g/mol. The fourth-order valence-corrected chi connectivity index (χ4v) is 1.18. The number of amides is 1. The van der Waals surface area contributed by atoms with Crippen molar-refractivity contribution in [2.24, 2.45) is 5.73 Å². The van der Waals surface area contributed by atoms with Gasteiger partial charge in [-0.1, -0.05) is 6.07 Å². The molecule has 1 aromatic rings. The number of terminal acetylenes is 1. The Bertz CT molecular complexity index is 446. The normalized spacial score (nSPS) is 10.6. The number of rotatable bonds is 5. The highest BCUT2D eigenvalue weighted by Gasteiger charge is 2.29. The number of hydrogen-bond acceptors (Lipinski definition) is 4. The Hall–Kier alpha value is -2.03. The van der Waals surface area contributed by atoms with E-state index in [-0.39, 0.29) is 0 Å². The Balaban J connectivity index is 2.99. The fraction of sp³-hybridized carbons (Fsp3) is 0.250. The van der Waals surface area contributed by atoms with Gasteiger partial charge in [-0.05, 0) is 18.2 Å². The van der Waals surface area contributed by atoms with Crippen LogP contribution < -0.4 is 10.5 Å². The maximum atomic E-state index is 11.0. The van der Waals surface area contributed by atoms with Gasteiger partial charge in [0.1, 0.15) is 5.75 Å². The molecule has 0 heterocycles. The summed E-state index contributed by atoms with van der Waals surface area (Å²) in [4.78, 5) is 11.0. The summed E-state index contributed by atoms with van der Waals surface area (Å²) in [5.41, 5.74) is 5.45. The van der Waals surface area contributed by atoms with Gasteiger partial charge in [0.25, 0.3) is 0 Å². The molecular formula is C12H13NO4. The number of carbonyl (C=O) groups is 1. The molecule has 0 unspecified atom stereocenters. The van der Waals surface area contributed by atoms with Crippen molar-refractivity contribution in [1.82, 2.24) is 0 Å². The summed E-state index contributed by atoms with van der Waals surface area (Å²) in [7, 11) is 2.70. The molecule has 1 aromatic carbocycles. The van der Waals surface area contributed by atoms with E-state index in [9.17, 15) is 4.79 Å². The van der Waals surface area contributed by atoms with E-state index in [4.69, 9.17) is 26.4 Å². The summed E-state index contributed by atoms with van der Waals surface area (Å²) in [5, 5.41) is 0. The molecule has 90 valence electrons. The standard InChI is InChI=1S/C12H13NO4/c1-4-12(15-2,16-3)17-10-7-5-6-9(8-10)11(13)14/h1,5-8H,2-3H3,(H2,13,14). The maximum Gasteiger partial charge on any atom is 0.397 e. The second kappa shape index (κ2) is 5.34. The molecule has 0 spiro atoms. The van der Waals surface area contributed by atoms with Crippen molar-refractivity contribution in [2.45, 2.75) is 5.97 Å². The molecule has 17 heavy (non-hydrogen) atoms. The van der Waals surface area contributed by atoms with Gasteiger partial charge in [-0.15, -0.1) is 6.42 Å². The number of hydrogen-bond donors (Lipinski definition) is 1. The minimum atomic E-state index is -1.61. The van der Waals surface area contributed by atoms with Gasteiger partial charge < -0.3 is 19.9 Å². The predicted octanol–water partition coefficient (Wildman–Crippen LogP) is 0.744. The molecule has 1 amide bonds. The van der Waals surface area contributed by atoms with E-state index in [2.05, 4.69) is 5.92 Å². The van der Waals surface area contributed by atoms with Crippen LogP contribution in [0, 0.1) is 12.3 Å². The minimum absolute atomic E-state index is 0.306. The number of nitrogens with two attached hydrogens (primary N) is 1. The molecule has 0 atom stereocenters. The molecule has 0 saturated heterocycles. The molecule has 0 fully saturated rings. The third-order valence-electron chi connectivity index (χ3n) is 2.09. The highest BCUT2D eigenvalue weighted by Crippen LogP contribution is 2.20. The Kier molecular flexibility index (Phi) is 4.10. The van der Waals surface area contributed by atoms with Crippen molar-refractivity contribution >= 4 is 5.91 Å². The van der Waals surface area contributed by atoms with Gasteiger partial charge >= 0.3 is 5.97 Å². The van der Waals surface area contributed by atoms with Gasteiger partial charge in [0, 0.05) is 25.7 Å². The molecular weight excluding hydrogens is 222 g/mol. The van der Waals surface area contributed by atoms with Crippen LogP contribution >= 0.6 is 0 Å². The zero-order valence-electron chi connectivity index (χ0n) is 9.60. The van der Waals surface area contributed by atoms with Gasteiger partial charge in [-0.3, -0.25) is 4.79 Å². The second-order valence-electron chi connectivity index (χ2n) is 3.10. The van der Waals surface area contributed by atoms with Gasteiger partial charge in [0.05, 0.1) is 0 Å². The van der Waals surface area contributed by atoms with Crippen LogP contribution in [0.3, 0.4) is 0 Å². The largest absolute Gasteiger partial charge is 0.429 e. The van der Waals surface area contributed by atoms with Crippen molar-refractivity contribution in [1.29, 1.82) is 0 Å². The van der Waals surface area contributed by atoms with Crippen LogP contribution in [0.2, 0.25) is 0 Å². The first kappa shape index (κ1) is 13.0. The van der Waals surface area contributed by atoms with Gasteiger partial charge in [-0.25, -0.2) is 0 Å². The van der Waals surface area contributed by atoms with Gasteiger partial charge in [0.2, 0.25) is 5.91 Å². The lowest BCUT2D eigenvalue weighted by Gasteiger charge is -2.25. The van der Waals surface area contributed by atoms with Crippen LogP contribution in [-0.4, -0.2) is 26.1 Å². The molecule has 0 radical (unpaired) electrons. The van der Waals surface area contributed by atoms with E-state index in [1.165, 1.54) is 20.3 Å². The Labute approximate surface area is 99.5 Å². The summed E-state index contributed by atoms with van der Waals surface area (Å²) in [6.07, 6.45) is 5.26. The zero-order valence-corrected chi connectivity index (χ0v) is 9.60. The summed E-state index contributed by atoms with van der Waals surface area (Å²) < 4.78 is 15.2. The number of ether oxygens (including phenoxy) is 3. The second-order valence-corrected chi connectivity index (χ2v) is 3.10. The first-order chi connectivity index (χ1) is 8.06. The topological polar surface area (TPSA) is 70.8 Å². The van der Waals surface area contributed by atoms with Crippen molar-refractivity contribution in [3.05, 3.63) is 29.8 Å². The van der Waals surface area contributed by atoms with E-state index in [1.54, 1.807) is 18.2 Å². The SMILES string of the molecule is C#CC(OC)(OC)Oc1cccc(C(N)=O)c1. The smallest absolute Gasteiger partial charge is 0.397 e. The monoisotopic (exact) mass is 235 g/mol. The highest BCUT2D eigenvalue weighted by molar-refractivity contribution is 5.93. The molecule has 0 aromatic heterocycles. The molecule has 0 bridgehead atoms. The van der Waals surface area contributed by atoms with Gasteiger partial charge in [0.15, 0.2) is 0 Å². The number of methoxy groups -OCH3 is 2. The average Bonchev–Trinajstić information content (AvgIpc) is 2.36. The summed E-state index contributed by atoms with van der Waals surface area (Å²) in [5.74, 6) is 0.378. The Morgan fingerprint density at radius 2 is 2.06 bits per heavy atom. The van der Waals surface area contributed by atoms with E-state index < -0.39 is 11.9 Å². The van der Waals surface area contributed by atoms with Crippen LogP contribution in [0.5, 0.6) is 5.75 Å². The van der Waals surface area contributed by atoms with E-state index in [0.717, 1.165) is 0 Å². The highest BCUT2D eigenvalue weighted by atomic mass is 16.9. The lowest BCUT2D eigenvalue weighted by molar-refractivity contribution is -0.279. The van der Waals surface area contributed by atoms with Crippen molar-refractivity contribution in [2.75, 3.05) is 14.2 Å². The van der Waals surface area contributed by atoms with E-state index in [1.807, 2.05) is 0 Å². The zero-order chi connectivity index (χ0) is 12.9. The van der Waals surface area contributed by atoms with Crippen LogP contribution in [-0.2, 0) is 9.47 Å². The number of benzene rings is 1. The van der Waals surface area contributed by atoms with E-state index >= 15 is 0 Å². The third-order valence-corrected chi connectivity index (χ3v) is 2.09. The lowest BCUT2D eigenvalue weighted by Crippen LogP contribution is -2.38. The van der Waals surface area contributed by atoms with Crippen LogP contribution in [0.25, 0.3) is 0 Å². The van der Waals surface area contributed by atoms with Crippen LogP contribution in [0.15, 0.2) is 24.3 Å². The molecule has 5 heteroatoms. The third kappa shape index (κ3) is 2.97. The molecule has 0 saturated carbocycles. The number of primary amides is 1. The maximum absolute atomic E-state index is 11.0. The first-order valence-corrected chi connectivity index (χ1v) is 4.74. The van der Waals surface area contributed by atoms with Crippen LogP contribution in [0.4, 0.5) is 0 Å². The van der Waals surface area contributed by atoms with Gasteiger partial charge in [-0.2, -0.15) is 0 Å². The summed E-state index contributed by atoms with van der Waals surface area (Å²) >= 11 is 0. The van der Waals surface area contributed by atoms with Crippen LogP contribution in [0.1, 0.15) is 10.4 Å². The van der Waals surface area contributed by atoms with Crippen molar-refractivity contribution in [3.63, 3.8) is 0 Å². The Morgan fingerprint density at radius 1 is 1.41 bits per heavy atom. The number of carbonyl (C=O) groups excluding carboxylic acids is 1. The quantitative estimate of drug-likeness (QED) is 0.603. The summed E-state index contributed by atoms with van der Waals surface area (Å²) in [6.45, 7) is 0. The van der Waals surface area contributed by atoms with Crippen molar-refractivity contribution < 1.29 is 19.0 Å². The molecule has 5 nitrogen and oxygen atoms in total. The summed E-state index contributed by atoms with van der Waals surface area (Å²) in [6, 6.07) is 6.23. The molecule has 0 aliphatic rings. The fourth-order valence-electron chi connectivity index (χ4n) is 1.18. The molecule has 0 aliphatic heterocycles. The lowest BCUT2D eigenvalue weighted by atomic mass is 10.2. The molecule has 0 aliphatic carbocycles.